The maximum atomic E-state index is 10.1. The molecular formula is C14H15ClOS. The molecule has 0 bridgehead atoms. The van der Waals surface area contributed by atoms with Crippen LogP contribution in [0.25, 0.3) is 0 Å². The summed E-state index contributed by atoms with van der Waals surface area (Å²) in [5.41, 5.74) is 3.41. The highest BCUT2D eigenvalue weighted by atomic mass is 35.5. The van der Waals surface area contributed by atoms with Gasteiger partial charge in [-0.25, -0.2) is 0 Å². The van der Waals surface area contributed by atoms with Crippen molar-refractivity contribution in [3.63, 3.8) is 0 Å². The van der Waals surface area contributed by atoms with Crippen molar-refractivity contribution in [2.45, 2.75) is 26.4 Å². The van der Waals surface area contributed by atoms with Crippen LogP contribution in [0.3, 0.4) is 0 Å². The van der Waals surface area contributed by atoms with Crippen LogP contribution in [0.5, 0.6) is 0 Å². The lowest BCUT2D eigenvalue weighted by Crippen LogP contribution is -1.99. The van der Waals surface area contributed by atoms with Crippen LogP contribution in [0.15, 0.2) is 30.3 Å². The number of rotatable bonds is 3. The molecule has 1 nitrogen and oxygen atoms in total. The number of hydrogen-bond acceptors (Lipinski definition) is 2. The molecule has 0 amide bonds. The van der Waals surface area contributed by atoms with Crippen molar-refractivity contribution in [3.05, 3.63) is 56.2 Å². The minimum atomic E-state index is -0.464. The average molecular weight is 267 g/mol. The molecule has 1 heterocycles. The van der Waals surface area contributed by atoms with Gasteiger partial charge in [0.15, 0.2) is 0 Å². The summed E-state index contributed by atoms with van der Waals surface area (Å²) in [6.07, 6.45) is 0.172. The molecular weight excluding hydrogens is 252 g/mol. The van der Waals surface area contributed by atoms with E-state index in [1.54, 1.807) is 0 Å². The van der Waals surface area contributed by atoms with Gasteiger partial charge in [-0.15, -0.1) is 11.3 Å². The van der Waals surface area contributed by atoms with Crippen LogP contribution >= 0.6 is 22.9 Å². The van der Waals surface area contributed by atoms with Crippen LogP contribution in [0.1, 0.15) is 27.7 Å². The average Bonchev–Trinajstić information content (AvgIpc) is 2.63. The zero-order valence-electron chi connectivity index (χ0n) is 9.90. The normalized spacial score (nSPS) is 12.7. The lowest BCUT2D eigenvalue weighted by molar-refractivity contribution is 0.182. The molecule has 1 N–H and O–H groups in total. The Balaban J connectivity index is 2.11. The Kier molecular flexibility index (Phi) is 3.87. The second-order valence-corrected chi connectivity index (χ2v) is 6.00. The number of aliphatic hydroxyl groups excluding tert-OH is 1. The van der Waals surface area contributed by atoms with Gasteiger partial charge in [-0.1, -0.05) is 41.4 Å². The van der Waals surface area contributed by atoms with E-state index in [1.807, 2.05) is 13.0 Å². The molecule has 0 aliphatic rings. The summed E-state index contributed by atoms with van der Waals surface area (Å²) in [6.45, 7) is 4.02. The summed E-state index contributed by atoms with van der Waals surface area (Å²) in [5, 5.41) is 10.1. The zero-order chi connectivity index (χ0) is 12.4. The highest BCUT2D eigenvalue weighted by molar-refractivity contribution is 7.16. The van der Waals surface area contributed by atoms with Crippen LogP contribution in [-0.2, 0) is 6.42 Å². The number of halogens is 1. The Morgan fingerprint density at radius 1 is 1.24 bits per heavy atom. The maximum absolute atomic E-state index is 10.1. The van der Waals surface area contributed by atoms with Gasteiger partial charge >= 0.3 is 0 Å². The third-order valence-electron chi connectivity index (χ3n) is 2.75. The SMILES string of the molecule is Cc1ccc(CC(O)c2cc(C)c(Cl)s2)cc1. The first-order valence-electron chi connectivity index (χ1n) is 5.55. The van der Waals surface area contributed by atoms with E-state index in [-0.39, 0.29) is 0 Å². The molecule has 0 spiro atoms. The van der Waals surface area contributed by atoms with Crippen molar-refractivity contribution in [2.75, 3.05) is 0 Å². The van der Waals surface area contributed by atoms with Gasteiger partial charge in [0.25, 0.3) is 0 Å². The minimum Gasteiger partial charge on any atom is -0.387 e. The van der Waals surface area contributed by atoms with Gasteiger partial charge in [0.2, 0.25) is 0 Å². The smallest absolute Gasteiger partial charge is 0.0961 e. The Bertz CT molecular complexity index is 482. The molecule has 0 fully saturated rings. The summed E-state index contributed by atoms with van der Waals surface area (Å²) in [5.74, 6) is 0. The summed E-state index contributed by atoms with van der Waals surface area (Å²) in [7, 11) is 0. The molecule has 3 heteroatoms. The van der Waals surface area contributed by atoms with Gasteiger partial charge in [0.1, 0.15) is 0 Å². The van der Waals surface area contributed by atoms with E-state index in [0.717, 1.165) is 20.3 Å². The fourth-order valence-corrected chi connectivity index (χ4v) is 2.90. The van der Waals surface area contributed by atoms with Gasteiger partial charge in [0, 0.05) is 11.3 Å². The topological polar surface area (TPSA) is 20.2 Å². The van der Waals surface area contributed by atoms with E-state index >= 15 is 0 Å². The molecule has 2 aromatic rings. The highest BCUT2D eigenvalue weighted by Gasteiger charge is 2.13. The van der Waals surface area contributed by atoms with Gasteiger partial charge in [-0.3, -0.25) is 0 Å². The Labute approximate surface area is 111 Å². The first-order chi connectivity index (χ1) is 8.06. The quantitative estimate of drug-likeness (QED) is 0.878. The predicted molar refractivity (Wildman–Crippen MR) is 73.9 cm³/mol. The minimum absolute atomic E-state index is 0.464. The number of benzene rings is 1. The van der Waals surface area contributed by atoms with Gasteiger partial charge in [-0.2, -0.15) is 0 Å². The van der Waals surface area contributed by atoms with E-state index in [9.17, 15) is 5.11 Å². The molecule has 0 saturated heterocycles. The molecule has 1 aromatic carbocycles. The molecule has 0 saturated carbocycles. The summed E-state index contributed by atoms with van der Waals surface area (Å²) < 4.78 is 0.767. The molecule has 0 aliphatic carbocycles. The van der Waals surface area contributed by atoms with E-state index in [0.29, 0.717) is 6.42 Å². The summed E-state index contributed by atoms with van der Waals surface area (Å²) >= 11 is 7.46. The fourth-order valence-electron chi connectivity index (χ4n) is 1.70. The zero-order valence-corrected chi connectivity index (χ0v) is 11.5. The van der Waals surface area contributed by atoms with Crippen molar-refractivity contribution in [1.82, 2.24) is 0 Å². The first kappa shape index (κ1) is 12.6. The molecule has 1 atom stereocenters. The van der Waals surface area contributed by atoms with Gasteiger partial charge < -0.3 is 5.11 Å². The number of aryl methyl sites for hydroxylation is 2. The molecule has 90 valence electrons. The number of aliphatic hydroxyl groups is 1. The summed E-state index contributed by atoms with van der Waals surface area (Å²) in [4.78, 5) is 0.938. The van der Waals surface area contributed by atoms with Gasteiger partial charge in [-0.05, 0) is 31.0 Å². The second-order valence-electron chi connectivity index (χ2n) is 4.31. The third kappa shape index (κ3) is 3.09. The monoisotopic (exact) mass is 266 g/mol. The predicted octanol–water partition coefficient (Wildman–Crippen LogP) is 4.29. The van der Waals surface area contributed by atoms with E-state index in [2.05, 4.69) is 31.2 Å². The van der Waals surface area contributed by atoms with E-state index in [4.69, 9.17) is 11.6 Å². The lowest BCUT2D eigenvalue weighted by Gasteiger charge is -2.08. The van der Waals surface area contributed by atoms with E-state index < -0.39 is 6.10 Å². The van der Waals surface area contributed by atoms with Crippen molar-refractivity contribution in [2.24, 2.45) is 0 Å². The second kappa shape index (κ2) is 5.21. The van der Waals surface area contributed by atoms with Crippen LogP contribution in [0.2, 0.25) is 4.34 Å². The van der Waals surface area contributed by atoms with Crippen molar-refractivity contribution in [1.29, 1.82) is 0 Å². The molecule has 1 unspecified atom stereocenters. The largest absolute Gasteiger partial charge is 0.387 e. The third-order valence-corrected chi connectivity index (χ3v) is 4.41. The fraction of sp³-hybridized carbons (Fsp3) is 0.286. The Morgan fingerprint density at radius 2 is 1.88 bits per heavy atom. The Morgan fingerprint density at radius 3 is 2.41 bits per heavy atom. The number of thiophene rings is 1. The van der Waals surface area contributed by atoms with Crippen molar-refractivity contribution in [3.8, 4) is 0 Å². The van der Waals surface area contributed by atoms with Crippen LogP contribution in [0, 0.1) is 13.8 Å². The maximum Gasteiger partial charge on any atom is 0.0961 e. The molecule has 17 heavy (non-hydrogen) atoms. The molecule has 2 rings (SSSR count). The van der Waals surface area contributed by atoms with Crippen LogP contribution in [0.4, 0.5) is 0 Å². The standard InChI is InChI=1S/C14H15ClOS/c1-9-3-5-11(6-4-9)8-12(16)13-7-10(2)14(15)17-13/h3-7,12,16H,8H2,1-2H3. The lowest BCUT2D eigenvalue weighted by atomic mass is 10.1. The van der Waals surface area contributed by atoms with Crippen LogP contribution < -0.4 is 0 Å². The van der Waals surface area contributed by atoms with Crippen molar-refractivity contribution < 1.29 is 5.11 Å². The molecule has 0 radical (unpaired) electrons. The molecule has 1 aromatic heterocycles. The van der Waals surface area contributed by atoms with Crippen molar-refractivity contribution >= 4 is 22.9 Å². The van der Waals surface area contributed by atoms with Crippen LogP contribution in [-0.4, -0.2) is 5.11 Å². The van der Waals surface area contributed by atoms with E-state index in [1.165, 1.54) is 16.9 Å². The number of hydrogen-bond donors (Lipinski definition) is 1. The Hall–Kier alpha value is -0.830. The molecule has 0 aliphatic heterocycles. The van der Waals surface area contributed by atoms with Gasteiger partial charge in [0.05, 0.1) is 10.4 Å². The highest BCUT2D eigenvalue weighted by Crippen LogP contribution is 2.32. The first-order valence-corrected chi connectivity index (χ1v) is 6.75. The summed E-state index contributed by atoms with van der Waals surface area (Å²) in [6, 6.07) is 10.2.